The predicted molar refractivity (Wildman–Crippen MR) is 114 cm³/mol. The minimum atomic E-state index is -0.0788. The van der Waals surface area contributed by atoms with Gasteiger partial charge >= 0.3 is 0 Å². The van der Waals surface area contributed by atoms with Gasteiger partial charge in [0.2, 0.25) is 0 Å². The van der Waals surface area contributed by atoms with E-state index in [2.05, 4.69) is 4.98 Å². The molecule has 0 N–H and O–H groups in total. The second kappa shape index (κ2) is 8.02. The molecule has 0 atom stereocenters. The molecule has 29 heavy (non-hydrogen) atoms. The van der Waals surface area contributed by atoms with Gasteiger partial charge in [-0.3, -0.25) is 9.36 Å². The summed E-state index contributed by atoms with van der Waals surface area (Å²) in [6.07, 6.45) is 5.08. The Kier molecular flexibility index (Phi) is 5.12. The molecule has 0 radical (unpaired) electrons. The van der Waals surface area contributed by atoms with Crippen LogP contribution in [-0.2, 0) is 0 Å². The molecule has 4 rings (SSSR count). The maximum absolute atomic E-state index is 12.6. The first-order valence-corrected chi connectivity index (χ1v) is 9.16. The van der Waals surface area contributed by atoms with Gasteiger partial charge in [-0.1, -0.05) is 12.1 Å². The lowest BCUT2D eigenvalue weighted by Gasteiger charge is -2.07. The van der Waals surface area contributed by atoms with Crippen LogP contribution in [0.25, 0.3) is 22.8 Å². The monoisotopic (exact) mass is 384 g/mol. The van der Waals surface area contributed by atoms with E-state index in [1.165, 1.54) is 0 Å². The molecule has 0 amide bonds. The van der Waals surface area contributed by atoms with Crippen LogP contribution in [0.3, 0.4) is 0 Å². The molecule has 0 aliphatic rings. The molecular weight excluding hydrogens is 364 g/mol. The maximum atomic E-state index is 12.6. The molecule has 3 aromatic carbocycles. The zero-order valence-corrected chi connectivity index (χ0v) is 16.2. The Morgan fingerprint density at radius 2 is 1.76 bits per heavy atom. The normalized spacial score (nSPS) is 11.1. The maximum Gasteiger partial charge on any atom is 0.185 e. The quantitative estimate of drug-likeness (QED) is 0.349. The van der Waals surface area contributed by atoms with E-state index in [0.29, 0.717) is 17.1 Å². The van der Waals surface area contributed by atoms with Gasteiger partial charge < -0.3 is 9.47 Å². The van der Waals surface area contributed by atoms with E-state index in [0.717, 1.165) is 22.3 Å². The number of ketones is 1. The number of fused-ring (bicyclic) bond motifs is 1. The first kappa shape index (κ1) is 18.5. The highest BCUT2D eigenvalue weighted by atomic mass is 16.5. The van der Waals surface area contributed by atoms with Gasteiger partial charge in [-0.2, -0.15) is 0 Å². The van der Waals surface area contributed by atoms with Crippen molar-refractivity contribution in [2.45, 2.75) is 0 Å². The molecule has 0 saturated heterocycles. The standard InChI is InChI=1S/C24H20N2O3/c1-28-20-13-9-18(24(15-20)29-2)10-14-23(27)17-7-11-19(12-8-17)26-16-25-21-5-3-4-6-22(21)26/h3-16H,1-2H3/b14-10+. The molecule has 0 fully saturated rings. The number of ether oxygens (including phenoxy) is 2. The number of hydrogen-bond acceptors (Lipinski definition) is 4. The summed E-state index contributed by atoms with van der Waals surface area (Å²) in [6, 6.07) is 20.9. The molecule has 1 aromatic heterocycles. The average Bonchev–Trinajstić information content (AvgIpc) is 3.21. The van der Waals surface area contributed by atoms with E-state index in [4.69, 9.17) is 9.47 Å². The van der Waals surface area contributed by atoms with E-state index < -0.39 is 0 Å². The number of benzene rings is 3. The van der Waals surface area contributed by atoms with Gasteiger partial charge in [0.15, 0.2) is 5.78 Å². The predicted octanol–water partition coefficient (Wildman–Crippen LogP) is 4.94. The minimum absolute atomic E-state index is 0.0788. The number of carbonyl (C=O) groups excluding carboxylic acids is 1. The van der Waals surface area contributed by atoms with Crippen molar-refractivity contribution in [1.82, 2.24) is 9.55 Å². The van der Waals surface area contributed by atoms with Crippen LogP contribution in [0.4, 0.5) is 0 Å². The zero-order chi connectivity index (χ0) is 20.2. The Balaban J connectivity index is 1.55. The van der Waals surface area contributed by atoms with Crippen molar-refractivity contribution >= 4 is 22.9 Å². The van der Waals surface area contributed by atoms with Gasteiger partial charge in [0.1, 0.15) is 17.8 Å². The van der Waals surface area contributed by atoms with Crippen LogP contribution >= 0.6 is 0 Å². The van der Waals surface area contributed by atoms with Crippen LogP contribution in [0.5, 0.6) is 11.5 Å². The summed E-state index contributed by atoms with van der Waals surface area (Å²) in [7, 11) is 3.19. The smallest absolute Gasteiger partial charge is 0.185 e. The molecule has 0 spiro atoms. The fourth-order valence-electron chi connectivity index (χ4n) is 3.17. The van der Waals surface area contributed by atoms with E-state index in [9.17, 15) is 4.79 Å². The highest BCUT2D eigenvalue weighted by Crippen LogP contribution is 2.26. The molecule has 144 valence electrons. The number of imidazole rings is 1. The van der Waals surface area contributed by atoms with E-state index in [-0.39, 0.29) is 5.78 Å². The Bertz CT molecular complexity index is 1190. The number of aromatic nitrogens is 2. The lowest BCUT2D eigenvalue weighted by atomic mass is 10.1. The molecular formula is C24H20N2O3. The summed E-state index contributed by atoms with van der Waals surface area (Å²) in [5, 5.41) is 0. The van der Waals surface area contributed by atoms with Crippen LogP contribution in [0.1, 0.15) is 15.9 Å². The van der Waals surface area contributed by atoms with E-state index in [1.807, 2.05) is 65.2 Å². The third-order valence-electron chi connectivity index (χ3n) is 4.74. The van der Waals surface area contributed by atoms with E-state index in [1.54, 1.807) is 38.8 Å². The van der Waals surface area contributed by atoms with Crippen molar-refractivity contribution < 1.29 is 14.3 Å². The Labute approximate surface area is 168 Å². The molecule has 0 unspecified atom stereocenters. The molecule has 0 aliphatic carbocycles. The van der Waals surface area contributed by atoms with Crippen molar-refractivity contribution in [3.8, 4) is 17.2 Å². The van der Waals surface area contributed by atoms with Gasteiger partial charge in [-0.15, -0.1) is 0 Å². The van der Waals surface area contributed by atoms with Gasteiger partial charge in [0.05, 0.1) is 25.3 Å². The van der Waals surface area contributed by atoms with Crippen LogP contribution in [-0.4, -0.2) is 29.6 Å². The third kappa shape index (κ3) is 3.75. The fourth-order valence-corrected chi connectivity index (χ4v) is 3.17. The summed E-state index contributed by atoms with van der Waals surface area (Å²) in [5.41, 5.74) is 4.34. The molecule has 1 heterocycles. The number of carbonyl (C=O) groups is 1. The van der Waals surface area contributed by atoms with Gasteiger partial charge in [0, 0.05) is 22.9 Å². The highest BCUT2D eigenvalue weighted by Gasteiger charge is 2.07. The first-order chi connectivity index (χ1) is 14.2. The van der Waals surface area contributed by atoms with Crippen LogP contribution in [0.2, 0.25) is 0 Å². The molecule has 4 aromatic rings. The molecule has 5 heteroatoms. The SMILES string of the molecule is COc1ccc(/C=C/C(=O)c2ccc(-n3cnc4ccccc43)cc2)c(OC)c1. The second-order valence-electron chi connectivity index (χ2n) is 6.46. The van der Waals surface area contributed by atoms with Crippen molar-refractivity contribution in [3.05, 3.63) is 90.3 Å². The number of rotatable bonds is 6. The summed E-state index contributed by atoms with van der Waals surface area (Å²) >= 11 is 0. The summed E-state index contributed by atoms with van der Waals surface area (Å²) in [4.78, 5) is 17.0. The summed E-state index contributed by atoms with van der Waals surface area (Å²) < 4.78 is 12.6. The fraction of sp³-hybridized carbons (Fsp3) is 0.0833. The van der Waals surface area contributed by atoms with Crippen molar-refractivity contribution in [2.75, 3.05) is 14.2 Å². The van der Waals surface area contributed by atoms with Gasteiger partial charge in [0.25, 0.3) is 0 Å². The number of methoxy groups -OCH3 is 2. The lowest BCUT2D eigenvalue weighted by molar-refractivity contribution is 0.104. The summed E-state index contributed by atoms with van der Waals surface area (Å²) in [6.45, 7) is 0. The second-order valence-corrected chi connectivity index (χ2v) is 6.46. The largest absolute Gasteiger partial charge is 0.497 e. The van der Waals surface area contributed by atoms with Crippen LogP contribution in [0, 0.1) is 0 Å². The lowest BCUT2D eigenvalue weighted by Crippen LogP contribution is -1.97. The average molecular weight is 384 g/mol. The molecule has 0 aliphatic heterocycles. The summed E-state index contributed by atoms with van der Waals surface area (Å²) in [5.74, 6) is 1.27. The number of allylic oxidation sites excluding steroid dienone is 1. The van der Waals surface area contributed by atoms with Gasteiger partial charge in [-0.05, 0) is 60.7 Å². The van der Waals surface area contributed by atoms with E-state index >= 15 is 0 Å². The van der Waals surface area contributed by atoms with Gasteiger partial charge in [-0.25, -0.2) is 4.98 Å². The van der Waals surface area contributed by atoms with Crippen molar-refractivity contribution in [3.63, 3.8) is 0 Å². The number of hydrogen-bond donors (Lipinski definition) is 0. The van der Waals surface area contributed by atoms with Crippen molar-refractivity contribution in [1.29, 1.82) is 0 Å². The molecule has 0 saturated carbocycles. The molecule has 0 bridgehead atoms. The Morgan fingerprint density at radius 1 is 0.966 bits per heavy atom. The van der Waals surface area contributed by atoms with Crippen molar-refractivity contribution in [2.24, 2.45) is 0 Å². The topological polar surface area (TPSA) is 53.4 Å². The third-order valence-corrected chi connectivity index (χ3v) is 4.74. The highest BCUT2D eigenvalue weighted by molar-refractivity contribution is 6.07. The Hall–Kier alpha value is -3.86. The Morgan fingerprint density at radius 3 is 2.52 bits per heavy atom. The molecule has 5 nitrogen and oxygen atoms in total. The number of para-hydroxylation sites is 2. The minimum Gasteiger partial charge on any atom is -0.497 e. The van der Waals surface area contributed by atoms with Crippen LogP contribution < -0.4 is 9.47 Å². The zero-order valence-electron chi connectivity index (χ0n) is 16.2. The first-order valence-electron chi connectivity index (χ1n) is 9.16. The van der Waals surface area contributed by atoms with Crippen LogP contribution in [0.15, 0.2) is 79.1 Å². The number of nitrogens with zero attached hydrogens (tertiary/aromatic N) is 2.